The van der Waals surface area contributed by atoms with Crippen molar-refractivity contribution in [3.8, 4) is 22.5 Å². The highest BCUT2D eigenvalue weighted by Gasteiger charge is 2.15. The van der Waals surface area contributed by atoms with Crippen molar-refractivity contribution in [2.45, 2.75) is 25.9 Å². The van der Waals surface area contributed by atoms with Gasteiger partial charge in [0, 0.05) is 22.4 Å². The molecule has 7 heteroatoms. The number of anilines is 1. The molecule has 34 heavy (non-hydrogen) atoms. The number of Topliss-reactive ketones (excluding diaryl/α,β-unsaturated/α-hetero) is 1. The molecule has 0 fully saturated rings. The number of benzene rings is 3. The van der Waals surface area contributed by atoms with Gasteiger partial charge in [-0.3, -0.25) is 9.59 Å². The summed E-state index contributed by atoms with van der Waals surface area (Å²) in [5, 5.41) is 12.0. The fourth-order valence-corrected chi connectivity index (χ4v) is 3.89. The summed E-state index contributed by atoms with van der Waals surface area (Å²) in [6.45, 7) is 5.58. The van der Waals surface area contributed by atoms with Gasteiger partial charge >= 0.3 is 0 Å². The molecule has 0 saturated carbocycles. The highest BCUT2D eigenvalue weighted by molar-refractivity contribution is 7.99. The standard InChI is InChI=1S/C27H24N4O2S/c1-17-4-8-21(9-5-17)25-26(22-10-6-18(2)7-11-22)30-31-27(29-25)34-16-24(33)28-23-14-12-20(13-15-23)19(3)32/h4-15H,16H2,1-3H3,(H,28,33). The van der Waals surface area contributed by atoms with Gasteiger partial charge in [0.15, 0.2) is 5.78 Å². The largest absolute Gasteiger partial charge is 0.325 e. The van der Waals surface area contributed by atoms with Crippen molar-refractivity contribution in [2.75, 3.05) is 11.1 Å². The first kappa shape index (κ1) is 23.3. The minimum Gasteiger partial charge on any atom is -0.325 e. The number of nitrogens with zero attached hydrogens (tertiary/aromatic N) is 3. The number of aromatic nitrogens is 3. The molecule has 0 aliphatic heterocycles. The average Bonchev–Trinajstić information content (AvgIpc) is 2.84. The normalized spacial score (nSPS) is 10.7. The maximum Gasteiger partial charge on any atom is 0.234 e. The zero-order valence-corrected chi connectivity index (χ0v) is 20.0. The minimum atomic E-state index is -0.191. The Kier molecular flexibility index (Phi) is 7.13. The van der Waals surface area contributed by atoms with E-state index in [0.717, 1.165) is 27.9 Å². The molecule has 0 aliphatic rings. The number of ketones is 1. The number of rotatable bonds is 7. The lowest BCUT2D eigenvalue weighted by atomic mass is 10.0. The van der Waals surface area contributed by atoms with Crippen LogP contribution in [-0.4, -0.2) is 32.6 Å². The van der Waals surface area contributed by atoms with Crippen LogP contribution in [0.4, 0.5) is 5.69 Å². The summed E-state index contributed by atoms with van der Waals surface area (Å²) in [4.78, 5) is 28.6. The van der Waals surface area contributed by atoms with Crippen LogP contribution in [0.3, 0.4) is 0 Å². The second-order valence-corrected chi connectivity index (χ2v) is 8.94. The van der Waals surface area contributed by atoms with Gasteiger partial charge < -0.3 is 5.32 Å². The van der Waals surface area contributed by atoms with E-state index >= 15 is 0 Å². The van der Waals surface area contributed by atoms with E-state index in [9.17, 15) is 9.59 Å². The maximum atomic E-state index is 12.4. The maximum absolute atomic E-state index is 12.4. The number of carbonyl (C=O) groups excluding carboxylic acids is 2. The van der Waals surface area contributed by atoms with Crippen LogP contribution in [0.1, 0.15) is 28.4 Å². The van der Waals surface area contributed by atoms with Gasteiger partial charge in [-0.15, -0.1) is 10.2 Å². The van der Waals surface area contributed by atoms with Crippen LogP contribution in [0, 0.1) is 13.8 Å². The zero-order valence-electron chi connectivity index (χ0n) is 19.2. The van der Waals surface area contributed by atoms with E-state index in [1.165, 1.54) is 18.7 Å². The fraction of sp³-hybridized carbons (Fsp3) is 0.148. The molecule has 1 N–H and O–H groups in total. The first-order valence-electron chi connectivity index (χ1n) is 10.8. The zero-order chi connectivity index (χ0) is 24.1. The Hall–Kier alpha value is -3.84. The third kappa shape index (κ3) is 5.74. The summed E-state index contributed by atoms with van der Waals surface area (Å²) >= 11 is 1.22. The summed E-state index contributed by atoms with van der Waals surface area (Å²) in [7, 11) is 0. The molecular weight excluding hydrogens is 444 g/mol. The molecule has 1 amide bonds. The Morgan fingerprint density at radius 1 is 0.765 bits per heavy atom. The highest BCUT2D eigenvalue weighted by atomic mass is 32.2. The van der Waals surface area contributed by atoms with Gasteiger partial charge in [-0.25, -0.2) is 4.98 Å². The number of carbonyl (C=O) groups is 2. The van der Waals surface area contributed by atoms with E-state index in [4.69, 9.17) is 4.98 Å². The number of aryl methyl sites for hydroxylation is 2. The molecule has 0 radical (unpaired) electrons. The molecule has 1 aromatic heterocycles. The Morgan fingerprint density at radius 3 is 1.88 bits per heavy atom. The lowest BCUT2D eigenvalue weighted by Gasteiger charge is -2.10. The van der Waals surface area contributed by atoms with Crippen molar-refractivity contribution < 1.29 is 9.59 Å². The monoisotopic (exact) mass is 468 g/mol. The third-order valence-electron chi connectivity index (χ3n) is 5.22. The number of thioether (sulfide) groups is 1. The van der Waals surface area contributed by atoms with Gasteiger partial charge in [-0.1, -0.05) is 71.4 Å². The molecule has 0 aliphatic carbocycles. The van der Waals surface area contributed by atoms with Crippen LogP contribution < -0.4 is 5.32 Å². The SMILES string of the molecule is CC(=O)c1ccc(NC(=O)CSc2nnc(-c3ccc(C)cc3)c(-c3ccc(C)cc3)n2)cc1. The van der Waals surface area contributed by atoms with Crippen molar-refractivity contribution in [1.29, 1.82) is 0 Å². The Morgan fingerprint density at radius 2 is 1.32 bits per heavy atom. The molecule has 4 aromatic rings. The van der Waals surface area contributed by atoms with E-state index < -0.39 is 0 Å². The van der Waals surface area contributed by atoms with Crippen LogP contribution in [0.25, 0.3) is 22.5 Å². The molecule has 3 aromatic carbocycles. The lowest BCUT2D eigenvalue weighted by molar-refractivity contribution is -0.113. The summed E-state index contributed by atoms with van der Waals surface area (Å²) in [5.74, 6) is -0.0758. The Labute approximate surface area is 202 Å². The molecular formula is C27H24N4O2S. The van der Waals surface area contributed by atoms with Crippen LogP contribution in [0.15, 0.2) is 78.0 Å². The second kappa shape index (κ2) is 10.4. The van der Waals surface area contributed by atoms with Gasteiger partial charge in [0.2, 0.25) is 11.1 Å². The Balaban J connectivity index is 1.53. The smallest absolute Gasteiger partial charge is 0.234 e. The van der Waals surface area contributed by atoms with Crippen LogP contribution >= 0.6 is 11.8 Å². The number of nitrogens with one attached hydrogen (secondary N) is 1. The van der Waals surface area contributed by atoms with E-state index in [0.29, 0.717) is 22.1 Å². The molecule has 1 heterocycles. The highest BCUT2D eigenvalue weighted by Crippen LogP contribution is 2.30. The van der Waals surface area contributed by atoms with Crippen LogP contribution in [0.2, 0.25) is 0 Å². The first-order chi connectivity index (χ1) is 16.4. The molecule has 0 spiro atoms. The van der Waals surface area contributed by atoms with E-state index in [1.807, 2.05) is 62.4 Å². The number of amides is 1. The molecule has 0 saturated heterocycles. The van der Waals surface area contributed by atoms with Gasteiger partial charge in [0.25, 0.3) is 0 Å². The molecule has 170 valence electrons. The van der Waals surface area contributed by atoms with Crippen molar-refractivity contribution in [1.82, 2.24) is 15.2 Å². The van der Waals surface area contributed by atoms with Gasteiger partial charge in [0.1, 0.15) is 11.4 Å². The summed E-state index contributed by atoms with van der Waals surface area (Å²) in [6.07, 6.45) is 0. The fourth-order valence-electron chi connectivity index (χ4n) is 3.31. The molecule has 0 bridgehead atoms. The van der Waals surface area contributed by atoms with Crippen molar-refractivity contribution in [3.63, 3.8) is 0 Å². The average molecular weight is 469 g/mol. The lowest BCUT2D eigenvalue weighted by Crippen LogP contribution is -2.14. The Bertz CT molecular complexity index is 1320. The van der Waals surface area contributed by atoms with Crippen LogP contribution in [-0.2, 0) is 4.79 Å². The van der Waals surface area contributed by atoms with E-state index in [2.05, 4.69) is 15.5 Å². The summed E-state index contributed by atoms with van der Waals surface area (Å²) in [5.41, 5.74) is 6.84. The molecule has 4 rings (SSSR count). The van der Waals surface area contributed by atoms with Gasteiger partial charge in [0.05, 0.1) is 5.75 Å². The summed E-state index contributed by atoms with van der Waals surface area (Å²) < 4.78 is 0. The number of hydrogen-bond donors (Lipinski definition) is 1. The summed E-state index contributed by atoms with van der Waals surface area (Å²) in [6, 6.07) is 23.0. The minimum absolute atomic E-state index is 0.0171. The third-order valence-corrected chi connectivity index (χ3v) is 6.06. The number of hydrogen-bond acceptors (Lipinski definition) is 6. The van der Waals surface area contributed by atoms with Crippen molar-refractivity contribution in [3.05, 3.63) is 89.5 Å². The quantitative estimate of drug-likeness (QED) is 0.274. The van der Waals surface area contributed by atoms with Crippen molar-refractivity contribution >= 4 is 29.1 Å². The molecule has 0 unspecified atom stereocenters. The van der Waals surface area contributed by atoms with Crippen LogP contribution in [0.5, 0.6) is 0 Å². The van der Waals surface area contributed by atoms with E-state index in [-0.39, 0.29) is 17.4 Å². The van der Waals surface area contributed by atoms with E-state index in [1.54, 1.807) is 24.3 Å². The molecule has 0 atom stereocenters. The molecule has 6 nitrogen and oxygen atoms in total. The van der Waals surface area contributed by atoms with Gasteiger partial charge in [-0.05, 0) is 45.0 Å². The first-order valence-corrected chi connectivity index (χ1v) is 11.8. The van der Waals surface area contributed by atoms with Gasteiger partial charge in [-0.2, -0.15) is 0 Å². The topological polar surface area (TPSA) is 84.8 Å². The van der Waals surface area contributed by atoms with Crippen molar-refractivity contribution in [2.24, 2.45) is 0 Å². The predicted molar refractivity (Wildman–Crippen MR) is 136 cm³/mol. The second-order valence-electron chi connectivity index (χ2n) is 7.99. The predicted octanol–water partition coefficient (Wildman–Crippen LogP) is 5.76.